The van der Waals surface area contributed by atoms with Crippen LogP contribution in [-0.4, -0.2) is 46.8 Å². The molecule has 31 heavy (non-hydrogen) atoms. The van der Waals surface area contributed by atoms with Gasteiger partial charge in [0.1, 0.15) is 5.03 Å². The molecule has 6 nitrogen and oxygen atoms in total. The van der Waals surface area contributed by atoms with Crippen molar-refractivity contribution >= 4 is 23.4 Å². The van der Waals surface area contributed by atoms with Crippen molar-refractivity contribution in [3.8, 4) is 0 Å². The molecule has 3 rings (SSSR count). The Hall–Kier alpha value is -2.33. The summed E-state index contributed by atoms with van der Waals surface area (Å²) < 4.78 is 39.7. The van der Waals surface area contributed by atoms with Gasteiger partial charge in [0.25, 0.3) is 0 Å². The molecule has 0 saturated heterocycles. The fourth-order valence-electron chi connectivity index (χ4n) is 3.55. The molecular formula is C21H25F3N4O2S. The lowest BCUT2D eigenvalue weighted by atomic mass is 10.2. The van der Waals surface area contributed by atoms with Crippen LogP contribution < -0.4 is 11.0 Å². The number of alkyl halides is 3. The van der Waals surface area contributed by atoms with E-state index < -0.39 is 11.7 Å². The molecule has 0 saturated carbocycles. The smallest absolute Gasteiger partial charge is 0.325 e. The molecular weight excluding hydrogens is 429 g/mol. The lowest BCUT2D eigenvalue weighted by Crippen LogP contribution is -2.29. The van der Waals surface area contributed by atoms with Crippen LogP contribution >= 0.6 is 11.8 Å². The maximum Gasteiger partial charge on any atom is 0.416 e. The maximum atomic E-state index is 12.6. The Morgan fingerprint density at radius 1 is 1.23 bits per heavy atom. The van der Waals surface area contributed by atoms with Crippen LogP contribution in [0.4, 0.5) is 18.9 Å². The number of anilines is 1. The molecule has 1 N–H and O–H groups in total. The van der Waals surface area contributed by atoms with Crippen LogP contribution in [0.1, 0.15) is 29.7 Å². The summed E-state index contributed by atoms with van der Waals surface area (Å²) in [5, 5.41) is 3.15. The van der Waals surface area contributed by atoms with Crippen molar-refractivity contribution in [3.05, 3.63) is 51.6 Å². The van der Waals surface area contributed by atoms with E-state index in [1.54, 1.807) is 4.57 Å². The third-order valence-corrected chi connectivity index (χ3v) is 6.04. The molecule has 1 heterocycles. The second kappa shape index (κ2) is 9.86. The minimum absolute atomic E-state index is 0.0184. The van der Waals surface area contributed by atoms with E-state index in [9.17, 15) is 22.8 Å². The molecule has 2 aromatic rings. The Kier molecular flexibility index (Phi) is 7.42. The summed E-state index contributed by atoms with van der Waals surface area (Å²) in [5.74, 6) is -0.349. The normalized spacial score (nSPS) is 13.5. The molecule has 0 spiro atoms. The number of hydrogen-bond donors (Lipinski definition) is 1. The van der Waals surface area contributed by atoms with Gasteiger partial charge in [0.15, 0.2) is 0 Å². The highest BCUT2D eigenvalue weighted by molar-refractivity contribution is 8.00. The van der Waals surface area contributed by atoms with Gasteiger partial charge in [-0.2, -0.15) is 18.2 Å². The summed E-state index contributed by atoms with van der Waals surface area (Å²) in [6, 6.07) is 4.28. The highest BCUT2D eigenvalue weighted by Gasteiger charge is 2.30. The molecule has 168 valence electrons. The van der Waals surface area contributed by atoms with Gasteiger partial charge in [-0.3, -0.25) is 9.36 Å². The van der Waals surface area contributed by atoms with E-state index in [1.165, 1.54) is 23.9 Å². The molecule has 0 fully saturated rings. The van der Waals surface area contributed by atoms with Gasteiger partial charge in [-0.15, -0.1) is 0 Å². The topological polar surface area (TPSA) is 67.2 Å². The molecule has 0 radical (unpaired) electrons. The lowest BCUT2D eigenvalue weighted by molar-refractivity contribution is -0.137. The summed E-state index contributed by atoms with van der Waals surface area (Å²) in [6.45, 7) is 1.49. The zero-order valence-corrected chi connectivity index (χ0v) is 18.3. The van der Waals surface area contributed by atoms with E-state index in [1.807, 2.05) is 14.1 Å². The van der Waals surface area contributed by atoms with Crippen LogP contribution in [0.3, 0.4) is 0 Å². The van der Waals surface area contributed by atoms with Crippen LogP contribution in [0.15, 0.2) is 34.1 Å². The molecule has 1 aliphatic carbocycles. The zero-order valence-electron chi connectivity index (χ0n) is 17.5. The van der Waals surface area contributed by atoms with Crippen molar-refractivity contribution in [1.29, 1.82) is 0 Å². The number of hydrogen-bond acceptors (Lipinski definition) is 5. The Morgan fingerprint density at radius 2 is 1.94 bits per heavy atom. The van der Waals surface area contributed by atoms with Crippen molar-refractivity contribution in [1.82, 2.24) is 14.5 Å². The van der Waals surface area contributed by atoms with Crippen molar-refractivity contribution in [2.45, 2.75) is 43.4 Å². The first kappa shape index (κ1) is 23.3. The number of benzene rings is 1. The monoisotopic (exact) mass is 454 g/mol. The van der Waals surface area contributed by atoms with E-state index in [0.717, 1.165) is 55.6 Å². The van der Waals surface area contributed by atoms with Crippen LogP contribution in [-0.2, 0) is 30.4 Å². The molecule has 0 aliphatic heterocycles. The van der Waals surface area contributed by atoms with E-state index >= 15 is 0 Å². The number of carbonyl (C=O) groups is 1. The van der Waals surface area contributed by atoms with Crippen molar-refractivity contribution in [2.24, 2.45) is 0 Å². The molecule has 1 aromatic heterocycles. The van der Waals surface area contributed by atoms with Gasteiger partial charge >= 0.3 is 11.9 Å². The molecule has 1 aromatic carbocycles. The largest absolute Gasteiger partial charge is 0.416 e. The number of fused-ring (bicyclic) bond motifs is 1. The second-order valence-electron chi connectivity index (χ2n) is 7.70. The highest BCUT2D eigenvalue weighted by atomic mass is 32.2. The van der Waals surface area contributed by atoms with Crippen LogP contribution in [0.2, 0.25) is 0 Å². The van der Waals surface area contributed by atoms with Gasteiger partial charge in [-0.1, -0.05) is 11.8 Å². The molecule has 0 atom stereocenters. The fourth-order valence-corrected chi connectivity index (χ4v) is 4.43. The SMILES string of the molecule is CN(C)CCCn1c2c(c(SCC(=O)Nc3ccc(C(F)(F)F)cc3)nc1=O)CCC2. The van der Waals surface area contributed by atoms with Crippen molar-refractivity contribution in [3.63, 3.8) is 0 Å². The first-order valence-electron chi connectivity index (χ1n) is 10.0. The molecule has 10 heteroatoms. The van der Waals surface area contributed by atoms with Gasteiger partial charge in [-0.25, -0.2) is 4.79 Å². The van der Waals surface area contributed by atoms with E-state index in [4.69, 9.17) is 0 Å². The average molecular weight is 455 g/mol. The Labute approximate surface area is 182 Å². The van der Waals surface area contributed by atoms with Crippen molar-refractivity contribution < 1.29 is 18.0 Å². The summed E-state index contributed by atoms with van der Waals surface area (Å²) in [5.41, 5.74) is 1.24. The summed E-state index contributed by atoms with van der Waals surface area (Å²) in [4.78, 5) is 31.1. The molecule has 0 bridgehead atoms. The summed E-state index contributed by atoms with van der Waals surface area (Å²) >= 11 is 1.19. The number of aromatic nitrogens is 2. The number of amides is 1. The predicted octanol–water partition coefficient (Wildman–Crippen LogP) is 3.43. The van der Waals surface area contributed by atoms with Crippen LogP contribution in [0.25, 0.3) is 0 Å². The number of halogens is 3. The van der Waals surface area contributed by atoms with E-state index in [-0.39, 0.29) is 23.0 Å². The minimum Gasteiger partial charge on any atom is -0.325 e. The van der Waals surface area contributed by atoms with E-state index in [0.29, 0.717) is 11.6 Å². The quantitative estimate of drug-likeness (QED) is 0.489. The number of thioether (sulfide) groups is 1. The number of nitrogens with one attached hydrogen (secondary N) is 1. The third kappa shape index (κ3) is 6.10. The lowest BCUT2D eigenvalue weighted by Gasteiger charge is -2.15. The Morgan fingerprint density at radius 3 is 2.58 bits per heavy atom. The Balaban J connectivity index is 1.64. The van der Waals surface area contributed by atoms with Crippen LogP contribution in [0.5, 0.6) is 0 Å². The van der Waals surface area contributed by atoms with E-state index in [2.05, 4.69) is 15.2 Å². The third-order valence-electron chi connectivity index (χ3n) is 5.02. The van der Waals surface area contributed by atoms with Gasteiger partial charge < -0.3 is 10.2 Å². The first-order chi connectivity index (χ1) is 14.6. The van der Waals surface area contributed by atoms with Gasteiger partial charge in [0, 0.05) is 23.5 Å². The maximum absolute atomic E-state index is 12.6. The van der Waals surface area contributed by atoms with Gasteiger partial charge in [0.2, 0.25) is 5.91 Å². The summed E-state index contributed by atoms with van der Waals surface area (Å²) in [6.07, 6.45) is -0.987. The average Bonchev–Trinajstić information content (AvgIpc) is 3.17. The number of nitrogens with zero attached hydrogens (tertiary/aromatic N) is 3. The van der Waals surface area contributed by atoms with Crippen LogP contribution in [0, 0.1) is 0 Å². The zero-order chi connectivity index (χ0) is 22.6. The number of carbonyl (C=O) groups excluding carboxylic acids is 1. The second-order valence-corrected chi connectivity index (χ2v) is 8.66. The molecule has 1 amide bonds. The Bertz CT molecular complexity index is 988. The highest BCUT2D eigenvalue weighted by Crippen LogP contribution is 2.31. The van der Waals surface area contributed by atoms with Gasteiger partial charge in [-0.05, 0) is 70.6 Å². The van der Waals surface area contributed by atoms with Gasteiger partial charge in [0.05, 0.1) is 11.3 Å². The fraction of sp³-hybridized carbons (Fsp3) is 0.476. The first-order valence-corrected chi connectivity index (χ1v) is 11.0. The minimum atomic E-state index is -4.42. The number of rotatable bonds is 8. The molecule has 0 unspecified atom stereocenters. The predicted molar refractivity (Wildman–Crippen MR) is 114 cm³/mol. The van der Waals surface area contributed by atoms with Crippen molar-refractivity contribution in [2.75, 3.05) is 31.7 Å². The molecule has 1 aliphatic rings. The summed E-state index contributed by atoms with van der Waals surface area (Å²) in [7, 11) is 3.97. The standard InChI is InChI=1S/C21H25F3N4O2S/c1-27(2)11-4-12-28-17-6-3-5-16(17)19(26-20(28)30)31-13-18(29)25-15-9-7-14(8-10-15)21(22,23)24/h7-10H,3-6,11-13H2,1-2H3,(H,25,29).